The smallest absolute Gasteiger partial charge is 0.321 e. The van der Waals surface area contributed by atoms with E-state index in [2.05, 4.69) is 13.8 Å². The quantitative estimate of drug-likeness (QED) is 0.834. The second-order valence-corrected chi connectivity index (χ2v) is 10.1. The Labute approximate surface area is 158 Å². The van der Waals surface area contributed by atoms with E-state index in [0.29, 0.717) is 24.2 Å². The van der Waals surface area contributed by atoms with Crippen molar-refractivity contribution in [2.24, 2.45) is 11.1 Å². The summed E-state index contributed by atoms with van der Waals surface area (Å²) < 4.78 is 5.33. The Bertz CT molecular complexity index is 797. The summed E-state index contributed by atoms with van der Waals surface area (Å²) in [7, 11) is 0. The largest absolute Gasteiger partial charge is 0.480 e. The predicted octanol–water partition coefficient (Wildman–Crippen LogP) is 3.69. The molecule has 1 aliphatic carbocycles. The molecule has 6 heteroatoms. The Morgan fingerprint density at radius 1 is 1.35 bits per heavy atom. The van der Waals surface area contributed by atoms with Gasteiger partial charge in [0.25, 0.3) is 0 Å². The average Bonchev–Trinajstić information content (AvgIpc) is 2.51. The number of benzene rings is 1. The summed E-state index contributed by atoms with van der Waals surface area (Å²) in [6.45, 7) is 7.74. The molecule has 0 saturated heterocycles. The molecule has 1 aliphatic heterocycles. The van der Waals surface area contributed by atoms with Gasteiger partial charge in [0.05, 0.1) is 10.8 Å². The van der Waals surface area contributed by atoms with Crippen LogP contribution in [-0.2, 0) is 9.59 Å². The molecular formula is C20H25NO4S. The van der Waals surface area contributed by atoms with Gasteiger partial charge in [0.1, 0.15) is 17.6 Å². The zero-order valence-corrected chi connectivity index (χ0v) is 16.4. The summed E-state index contributed by atoms with van der Waals surface area (Å²) in [5.74, 6) is 0.465. The molecule has 1 aromatic carbocycles. The van der Waals surface area contributed by atoms with Crippen molar-refractivity contribution in [1.82, 2.24) is 0 Å². The van der Waals surface area contributed by atoms with E-state index in [0.717, 1.165) is 11.3 Å². The molecule has 3 N–H and O–H groups in total. The summed E-state index contributed by atoms with van der Waals surface area (Å²) >= 11 is 1.43. The van der Waals surface area contributed by atoms with Crippen LogP contribution in [0.5, 0.6) is 5.75 Å². The standard InChI is InChI=1S/C20H25NO4S/c1-19(2)9-12(22)15-14(10-19)25-13-8-6-5-7-11(13)16(15)26-20(3,4)17(21)18(23)24/h5-8,16-17H,9-10,21H2,1-4H3,(H,23,24)/t16?,17-/m0/s1. The van der Waals surface area contributed by atoms with Gasteiger partial charge in [-0.1, -0.05) is 32.0 Å². The van der Waals surface area contributed by atoms with Gasteiger partial charge in [0, 0.05) is 23.2 Å². The van der Waals surface area contributed by atoms with Crippen molar-refractivity contribution in [3.63, 3.8) is 0 Å². The summed E-state index contributed by atoms with van der Waals surface area (Å²) in [6, 6.07) is 6.59. The number of rotatable bonds is 4. The summed E-state index contributed by atoms with van der Waals surface area (Å²) in [4.78, 5) is 24.4. The van der Waals surface area contributed by atoms with E-state index in [1.54, 1.807) is 0 Å². The van der Waals surface area contributed by atoms with E-state index >= 15 is 0 Å². The molecule has 2 atom stereocenters. The Morgan fingerprint density at radius 2 is 2.00 bits per heavy atom. The molecule has 1 aromatic rings. The second-order valence-electron chi connectivity index (χ2n) is 8.33. The molecule has 3 rings (SSSR count). The Morgan fingerprint density at radius 3 is 2.65 bits per heavy atom. The maximum atomic E-state index is 13.0. The molecule has 0 radical (unpaired) electrons. The first-order valence-corrected chi connectivity index (χ1v) is 9.59. The number of thioether (sulfide) groups is 1. The fourth-order valence-corrected chi connectivity index (χ4v) is 5.09. The van der Waals surface area contributed by atoms with Crippen LogP contribution < -0.4 is 10.5 Å². The number of ether oxygens (including phenoxy) is 1. The predicted molar refractivity (Wildman–Crippen MR) is 102 cm³/mol. The third-order valence-electron chi connectivity index (χ3n) is 5.01. The first-order valence-electron chi connectivity index (χ1n) is 8.71. The summed E-state index contributed by atoms with van der Waals surface area (Å²) in [5.41, 5.74) is 7.34. The van der Waals surface area contributed by atoms with Crippen LogP contribution in [0.15, 0.2) is 35.6 Å². The minimum absolute atomic E-state index is 0.0722. The molecule has 5 nitrogen and oxygen atoms in total. The van der Waals surface area contributed by atoms with Crippen LogP contribution in [-0.4, -0.2) is 27.6 Å². The van der Waals surface area contributed by atoms with E-state index in [1.807, 2.05) is 38.1 Å². The number of carboxylic acids is 1. The fourth-order valence-electron chi connectivity index (χ4n) is 3.54. The van der Waals surface area contributed by atoms with Crippen LogP contribution in [0.25, 0.3) is 0 Å². The Kier molecular flexibility index (Phi) is 4.69. The molecule has 0 saturated carbocycles. The van der Waals surface area contributed by atoms with Gasteiger partial charge in [-0.15, -0.1) is 11.8 Å². The third kappa shape index (κ3) is 3.40. The number of Topliss-reactive ketones (excluding diaryl/α,β-unsaturated/α-hetero) is 1. The maximum Gasteiger partial charge on any atom is 0.321 e. The first kappa shape index (κ1) is 19.0. The number of ketones is 1. The van der Waals surface area contributed by atoms with Crippen LogP contribution in [0.3, 0.4) is 0 Å². The van der Waals surface area contributed by atoms with Gasteiger partial charge in [-0.3, -0.25) is 9.59 Å². The zero-order chi connectivity index (χ0) is 19.3. The monoisotopic (exact) mass is 375 g/mol. The van der Waals surface area contributed by atoms with E-state index in [9.17, 15) is 14.7 Å². The van der Waals surface area contributed by atoms with E-state index in [1.165, 1.54) is 11.8 Å². The minimum atomic E-state index is -1.05. The highest BCUT2D eigenvalue weighted by Crippen LogP contribution is 2.54. The third-order valence-corrected chi connectivity index (χ3v) is 6.60. The van der Waals surface area contributed by atoms with E-state index in [4.69, 9.17) is 10.5 Å². The SMILES string of the molecule is CC1(C)CC(=O)C2=C(C1)Oc1ccccc1C2SC(C)(C)[C@@H](N)C(=O)O. The van der Waals surface area contributed by atoms with Gasteiger partial charge in [-0.25, -0.2) is 0 Å². The fraction of sp³-hybridized carbons (Fsp3) is 0.500. The van der Waals surface area contributed by atoms with Gasteiger partial charge >= 0.3 is 5.97 Å². The molecule has 0 fully saturated rings. The van der Waals surface area contributed by atoms with E-state index < -0.39 is 16.8 Å². The molecule has 26 heavy (non-hydrogen) atoms. The maximum absolute atomic E-state index is 13.0. The van der Waals surface area contributed by atoms with Gasteiger partial charge in [0.15, 0.2) is 5.78 Å². The highest BCUT2D eigenvalue weighted by atomic mass is 32.2. The number of carboxylic acid groups (broad SMARTS) is 1. The first-order chi connectivity index (χ1) is 12.0. The van der Waals surface area contributed by atoms with Crippen molar-refractivity contribution >= 4 is 23.5 Å². The second kappa shape index (κ2) is 6.43. The van der Waals surface area contributed by atoms with Gasteiger partial charge in [-0.05, 0) is 25.3 Å². The van der Waals surface area contributed by atoms with Gasteiger partial charge in [0.2, 0.25) is 0 Å². The summed E-state index contributed by atoms with van der Waals surface area (Å²) in [6.07, 6.45) is 1.14. The highest BCUT2D eigenvalue weighted by Gasteiger charge is 2.45. The minimum Gasteiger partial charge on any atom is -0.480 e. The average molecular weight is 375 g/mol. The van der Waals surface area contributed by atoms with Crippen molar-refractivity contribution in [3.05, 3.63) is 41.2 Å². The van der Waals surface area contributed by atoms with Gasteiger partial charge < -0.3 is 15.6 Å². The van der Waals surface area contributed by atoms with Crippen LogP contribution in [0.2, 0.25) is 0 Å². The number of para-hydroxylation sites is 1. The van der Waals surface area contributed by atoms with E-state index in [-0.39, 0.29) is 16.4 Å². The number of nitrogens with two attached hydrogens (primary N) is 1. The lowest BCUT2D eigenvalue weighted by atomic mass is 9.74. The normalized spacial score (nSPS) is 23.0. The number of aliphatic carboxylic acids is 1. The number of carbonyl (C=O) groups is 2. The van der Waals surface area contributed by atoms with Crippen LogP contribution in [0, 0.1) is 5.41 Å². The molecule has 140 valence electrons. The van der Waals surface area contributed by atoms with Crippen molar-refractivity contribution in [3.8, 4) is 5.75 Å². The van der Waals surface area contributed by atoms with Crippen LogP contribution in [0.4, 0.5) is 0 Å². The molecule has 1 heterocycles. The van der Waals surface area contributed by atoms with Crippen LogP contribution in [0.1, 0.15) is 51.3 Å². The number of fused-ring (bicyclic) bond motifs is 1. The topological polar surface area (TPSA) is 89.6 Å². The number of carbonyl (C=O) groups excluding carboxylic acids is 1. The molecule has 2 aliphatic rings. The lowest BCUT2D eigenvalue weighted by Crippen LogP contribution is -2.47. The number of hydrogen-bond donors (Lipinski definition) is 2. The van der Waals surface area contributed by atoms with Crippen molar-refractivity contribution in [2.75, 3.05) is 0 Å². The lowest BCUT2D eigenvalue weighted by Gasteiger charge is -2.40. The molecule has 1 unspecified atom stereocenters. The van der Waals surface area contributed by atoms with Crippen molar-refractivity contribution in [1.29, 1.82) is 0 Å². The molecule has 0 amide bonds. The van der Waals surface area contributed by atoms with Crippen molar-refractivity contribution in [2.45, 2.75) is 56.6 Å². The highest BCUT2D eigenvalue weighted by molar-refractivity contribution is 8.01. The lowest BCUT2D eigenvalue weighted by molar-refractivity contribution is -0.139. The summed E-state index contributed by atoms with van der Waals surface area (Å²) in [5, 5.41) is 9.07. The Balaban J connectivity index is 2.07. The van der Waals surface area contributed by atoms with Gasteiger partial charge in [-0.2, -0.15) is 0 Å². The Hall–Kier alpha value is -1.79. The number of hydrogen-bond acceptors (Lipinski definition) is 5. The zero-order valence-electron chi connectivity index (χ0n) is 15.5. The molecule has 0 spiro atoms. The molecular weight excluding hydrogens is 350 g/mol. The van der Waals surface area contributed by atoms with Crippen LogP contribution >= 0.6 is 11.8 Å². The number of allylic oxidation sites excluding steroid dienone is 1. The van der Waals surface area contributed by atoms with Crippen molar-refractivity contribution < 1.29 is 19.4 Å². The molecule has 0 aromatic heterocycles. The molecule has 0 bridgehead atoms.